The second kappa shape index (κ2) is 16.0. The number of piperidine rings is 1. The first-order valence-electron chi connectivity index (χ1n) is 16.3. The second-order valence-electron chi connectivity index (χ2n) is 11.9. The van der Waals surface area contributed by atoms with E-state index >= 15 is 0 Å². The molecule has 45 heavy (non-hydrogen) atoms. The van der Waals surface area contributed by atoms with E-state index in [1.54, 1.807) is 18.4 Å². The number of aromatic nitrogens is 2. The summed E-state index contributed by atoms with van der Waals surface area (Å²) in [5, 5.41) is 10.0. The van der Waals surface area contributed by atoms with Gasteiger partial charge in [-0.15, -0.1) is 11.3 Å². The highest BCUT2D eigenvalue weighted by Crippen LogP contribution is 2.37. The molecule has 9 heteroatoms. The maximum absolute atomic E-state index is 12.4. The molecule has 1 amide bonds. The minimum atomic E-state index is 0.0507. The molecule has 5 rings (SSSR count). The van der Waals surface area contributed by atoms with Crippen molar-refractivity contribution in [3.05, 3.63) is 64.1 Å². The molecule has 4 aromatic rings. The van der Waals surface area contributed by atoms with Crippen molar-refractivity contribution in [2.45, 2.75) is 77.8 Å². The number of carbonyl (C=O) groups is 1. The van der Waals surface area contributed by atoms with Gasteiger partial charge >= 0.3 is 0 Å². The zero-order chi connectivity index (χ0) is 31.6. The van der Waals surface area contributed by atoms with Crippen LogP contribution >= 0.6 is 11.3 Å². The summed E-state index contributed by atoms with van der Waals surface area (Å²) in [6.45, 7) is 7.37. The van der Waals surface area contributed by atoms with E-state index in [-0.39, 0.29) is 6.04 Å². The van der Waals surface area contributed by atoms with Crippen molar-refractivity contribution in [1.29, 1.82) is 0 Å². The van der Waals surface area contributed by atoms with E-state index in [2.05, 4.69) is 53.3 Å². The molecule has 2 aromatic carbocycles. The third kappa shape index (κ3) is 8.52. The Balaban J connectivity index is 1.19. The normalized spacial score (nSPS) is 14.0. The Morgan fingerprint density at radius 1 is 1.02 bits per heavy atom. The van der Waals surface area contributed by atoms with Crippen molar-refractivity contribution in [1.82, 2.24) is 20.2 Å². The van der Waals surface area contributed by atoms with Crippen molar-refractivity contribution in [3.8, 4) is 22.6 Å². The van der Waals surface area contributed by atoms with Crippen LogP contribution in [0.4, 0.5) is 5.82 Å². The van der Waals surface area contributed by atoms with Gasteiger partial charge in [-0.2, -0.15) is 0 Å². The fourth-order valence-electron chi connectivity index (χ4n) is 5.99. The zero-order valence-corrected chi connectivity index (χ0v) is 28.0. The Kier molecular flexibility index (Phi) is 11.7. The Bertz CT molecular complexity index is 1570. The molecule has 1 fully saturated rings. The molecule has 1 aliphatic rings. The van der Waals surface area contributed by atoms with Crippen LogP contribution < -0.4 is 20.1 Å². The number of methoxy groups -OCH3 is 1. The predicted octanol–water partition coefficient (Wildman–Crippen LogP) is 7.91. The number of anilines is 1. The van der Waals surface area contributed by atoms with E-state index in [0.29, 0.717) is 36.3 Å². The SMILES string of the molecule is CNCc1ccccc1-c1csc([C@@H](C)Nc2nc(C)nc3cc(OCCCCCCC(=O)N4CCCCC4)c(OC)cc23)c1. The quantitative estimate of drug-likeness (QED) is 0.129. The molecule has 0 spiro atoms. The van der Waals surface area contributed by atoms with Crippen LogP contribution in [0.5, 0.6) is 11.5 Å². The summed E-state index contributed by atoms with van der Waals surface area (Å²) in [4.78, 5) is 25.1. The molecule has 0 aliphatic carbocycles. The number of nitrogens with zero attached hydrogens (tertiary/aromatic N) is 3. The topological polar surface area (TPSA) is 88.6 Å². The number of benzene rings is 2. The molecule has 0 radical (unpaired) electrons. The monoisotopic (exact) mass is 629 g/mol. The second-order valence-corrected chi connectivity index (χ2v) is 12.8. The van der Waals surface area contributed by atoms with Crippen LogP contribution in [0.1, 0.15) is 80.6 Å². The van der Waals surface area contributed by atoms with E-state index in [1.807, 2.05) is 31.0 Å². The van der Waals surface area contributed by atoms with Gasteiger partial charge in [-0.3, -0.25) is 4.79 Å². The van der Waals surface area contributed by atoms with Crippen LogP contribution in [0.25, 0.3) is 22.0 Å². The Labute approximate surface area is 271 Å². The van der Waals surface area contributed by atoms with Gasteiger partial charge in [0.15, 0.2) is 11.5 Å². The van der Waals surface area contributed by atoms with E-state index in [1.165, 1.54) is 28.0 Å². The van der Waals surface area contributed by atoms with Gasteiger partial charge in [-0.1, -0.05) is 37.1 Å². The first-order valence-corrected chi connectivity index (χ1v) is 17.2. The van der Waals surface area contributed by atoms with Gasteiger partial charge in [0.1, 0.15) is 11.6 Å². The van der Waals surface area contributed by atoms with Crippen molar-refractivity contribution in [3.63, 3.8) is 0 Å². The van der Waals surface area contributed by atoms with Gasteiger partial charge < -0.3 is 25.0 Å². The number of amides is 1. The van der Waals surface area contributed by atoms with Gasteiger partial charge in [0, 0.05) is 42.4 Å². The van der Waals surface area contributed by atoms with E-state index < -0.39 is 0 Å². The number of carbonyl (C=O) groups excluding carboxylic acids is 1. The number of unbranched alkanes of at least 4 members (excludes halogenated alkanes) is 3. The molecule has 1 aliphatic heterocycles. The lowest BCUT2D eigenvalue weighted by Crippen LogP contribution is -2.35. The lowest BCUT2D eigenvalue weighted by molar-refractivity contribution is -0.132. The van der Waals surface area contributed by atoms with Crippen molar-refractivity contribution >= 4 is 34.0 Å². The highest BCUT2D eigenvalue weighted by Gasteiger charge is 2.18. The van der Waals surface area contributed by atoms with E-state index in [4.69, 9.17) is 19.4 Å². The van der Waals surface area contributed by atoms with Gasteiger partial charge in [-0.25, -0.2) is 9.97 Å². The highest BCUT2D eigenvalue weighted by atomic mass is 32.1. The summed E-state index contributed by atoms with van der Waals surface area (Å²) < 4.78 is 11.9. The van der Waals surface area contributed by atoms with Crippen LogP contribution in [0.15, 0.2) is 47.8 Å². The molecule has 0 bridgehead atoms. The Morgan fingerprint density at radius 3 is 2.62 bits per heavy atom. The summed E-state index contributed by atoms with van der Waals surface area (Å²) in [5.74, 6) is 3.14. The molecule has 8 nitrogen and oxygen atoms in total. The molecular weight excluding hydrogens is 582 g/mol. The molecule has 2 aromatic heterocycles. The number of aryl methyl sites for hydroxylation is 1. The largest absolute Gasteiger partial charge is 0.493 e. The van der Waals surface area contributed by atoms with E-state index in [0.717, 1.165) is 74.9 Å². The fraction of sp³-hybridized carbons (Fsp3) is 0.472. The lowest BCUT2D eigenvalue weighted by Gasteiger charge is -2.26. The maximum atomic E-state index is 12.4. The maximum Gasteiger partial charge on any atom is 0.222 e. The number of fused-ring (bicyclic) bond motifs is 1. The number of hydrogen-bond donors (Lipinski definition) is 2. The zero-order valence-electron chi connectivity index (χ0n) is 27.2. The van der Waals surface area contributed by atoms with Crippen LogP contribution in [0.2, 0.25) is 0 Å². The summed E-state index contributed by atoms with van der Waals surface area (Å²) in [6.07, 6.45) is 8.13. The van der Waals surface area contributed by atoms with Gasteiger partial charge in [0.05, 0.1) is 25.3 Å². The molecule has 1 atom stereocenters. The smallest absolute Gasteiger partial charge is 0.222 e. The first kappa shape index (κ1) is 32.7. The summed E-state index contributed by atoms with van der Waals surface area (Å²) in [5.41, 5.74) is 4.59. The average molecular weight is 630 g/mol. The number of likely N-dealkylation sites (tertiary alicyclic amines) is 1. The van der Waals surface area contributed by atoms with Crippen molar-refractivity contribution in [2.24, 2.45) is 0 Å². The summed E-state index contributed by atoms with van der Waals surface area (Å²) >= 11 is 1.75. The fourth-order valence-corrected chi connectivity index (χ4v) is 6.91. The van der Waals surface area contributed by atoms with Gasteiger partial charge in [0.2, 0.25) is 5.91 Å². The molecule has 240 valence electrons. The average Bonchev–Trinajstić information content (AvgIpc) is 3.55. The minimum Gasteiger partial charge on any atom is -0.493 e. The molecule has 1 saturated heterocycles. The van der Waals surface area contributed by atoms with Crippen LogP contribution in [-0.2, 0) is 11.3 Å². The minimum absolute atomic E-state index is 0.0507. The molecular formula is C36H47N5O3S. The van der Waals surface area contributed by atoms with E-state index in [9.17, 15) is 4.79 Å². The number of thiophene rings is 1. The van der Waals surface area contributed by atoms with Crippen molar-refractivity contribution < 1.29 is 14.3 Å². The molecule has 2 N–H and O–H groups in total. The standard InChI is InChI=1S/C36H47N5O3S/c1-25(34-20-28(24-45-34)29-15-10-9-14-27(29)23-37-3)38-36-30-21-32(43-4)33(22-31(30)39-26(2)40-36)44-19-13-6-5-8-16-35(42)41-17-11-7-12-18-41/h9-10,14-15,20-22,24-25,37H,5-8,11-13,16-19,23H2,1-4H3,(H,38,39,40)/t25-/m1/s1. The summed E-state index contributed by atoms with van der Waals surface area (Å²) in [7, 11) is 3.64. The van der Waals surface area contributed by atoms with Gasteiger partial charge in [-0.05, 0) is 87.2 Å². The third-order valence-electron chi connectivity index (χ3n) is 8.44. The highest BCUT2D eigenvalue weighted by molar-refractivity contribution is 7.10. The molecule has 0 saturated carbocycles. The van der Waals surface area contributed by atoms with Crippen LogP contribution in [0.3, 0.4) is 0 Å². The number of hydrogen-bond acceptors (Lipinski definition) is 8. The predicted molar refractivity (Wildman–Crippen MR) is 184 cm³/mol. The first-order chi connectivity index (χ1) is 22.0. The van der Waals surface area contributed by atoms with Crippen LogP contribution in [0, 0.1) is 6.92 Å². The summed E-state index contributed by atoms with van der Waals surface area (Å²) in [6, 6.07) is 14.8. The number of ether oxygens (including phenoxy) is 2. The lowest BCUT2D eigenvalue weighted by atomic mass is 10.0. The number of nitrogens with one attached hydrogen (secondary N) is 2. The Morgan fingerprint density at radius 2 is 1.82 bits per heavy atom. The molecule has 0 unspecified atom stereocenters. The Hall–Kier alpha value is -3.69. The number of rotatable bonds is 15. The van der Waals surface area contributed by atoms with Gasteiger partial charge in [0.25, 0.3) is 0 Å². The third-order valence-corrected chi connectivity index (χ3v) is 9.55. The molecule has 3 heterocycles. The van der Waals surface area contributed by atoms with Crippen LogP contribution in [-0.4, -0.2) is 54.6 Å². The van der Waals surface area contributed by atoms with Crippen molar-refractivity contribution in [2.75, 3.05) is 39.2 Å².